The Balaban J connectivity index is 3.95. The van der Waals surface area contributed by atoms with Crippen LogP contribution in [-0.4, -0.2) is 6.61 Å². The van der Waals surface area contributed by atoms with Gasteiger partial charge < -0.3 is 4.74 Å². The van der Waals surface area contributed by atoms with Gasteiger partial charge in [0.2, 0.25) is 0 Å². The van der Waals surface area contributed by atoms with Crippen LogP contribution in [0.15, 0.2) is 11.8 Å². The summed E-state index contributed by atoms with van der Waals surface area (Å²) in [5, 5.41) is 8.46. The van der Waals surface area contributed by atoms with Gasteiger partial charge in [0, 0.05) is 0 Å². The van der Waals surface area contributed by atoms with Gasteiger partial charge in [-0.2, -0.15) is 5.26 Å². The maximum Gasteiger partial charge on any atom is 0.193 e. The summed E-state index contributed by atoms with van der Waals surface area (Å²) in [7, 11) is 0. The van der Waals surface area contributed by atoms with Crippen LogP contribution >= 0.6 is 0 Å². The molecule has 0 unspecified atom stereocenters. The van der Waals surface area contributed by atoms with Gasteiger partial charge in [0.05, 0.1) is 6.61 Å². The van der Waals surface area contributed by atoms with Crippen LogP contribution in [0.2, 0.25) is 0 Å². The van der Waals surface area contributed by atoms with Gasteiger partial charge in [0.15, 0.2) is 5.76 Å². The Morgan fingerprint density at radius 2 is 2.30 bits per heavy atom. The molecule has 0 aromatic carbocycles. The molecule has 0 aromatic heterocycles. The van der Waals surface area contributed by atoms with Crippen LogP contribution in [0.25, 0.3) is 0 Å². The van der Waals surface area contributed by atoms with Crippen LogP contribution in [0.4, 0.5) is 0 Å². The molecule has 10 heavy (non-hydrogen) atoms. The van der Waals surface area contributed by atoms with Gasteiger partial charge in [-0.1, -0.05) is 13.8 Å². The van der Waals surface area contributed by atoms with E-state index in [4.69, 9.17) is 10.00 Å². The predicted molar refractivity (Wildman–Crippen MR) is 40.2 cm³/mol. The zero-order valence-electron chi connectivity index (χ0n) is 6.72. The first-order chi connectivity index (χ1) is 4.70. The van der Waals surface area contributed by atoms with Crippen molar-refractivity contribution < 1.29 is 4.74 Å². The highest BCUT2D eigenvalue weighted by atomic mass is 16.5. The van der Waals surface area contributed by atoms with Gasteiger partial charge in [0.1, 0.15) is 6.07 Å². The summed E-state index contributed by atoms with van der Waals surface area (Å²) in [6.45, 7) is 6.45. The SMILES string of the molecule is CCOC(C#N)=CC(C)C. The van der Waals surface area contributed by atoms with E-state index in [1.165, 1.54) is 0 Å². The fourth-order valence-corrected chi connectivity index (χ4v) is 0.576. The van der Waals surface area contributed by atoms with E-state index in [0.29, 0.717) is 18.3 Å². The highest BCUT2D eigenvalue weighted by molar-refractivity contribution is 5.13. The van der Waals surface area contributed by atoms with E-state index in [2.05, 4.69) is 0 Å². The van der Waals surface area contributed by atoms with E-state index in [9.17, 15) is 0 Å². The molecule has 0 bridgehead atoms. The van der Waals surface area contributed by atoms with Gasteiger partial charge in [-0.3, -0.25) is 0 Å². The average molecular weight is 139 g/mol. The summed E-state index contributed by atoms with van der Waals surface area (Å²) < 4.78 is 5.00. The summed E-state index contributed by atoms with van der Waals surface area (Å²) in [5.74, 6) is 0.804. The topological polar surface area (TPSA) is 33.0 Å². The molecule has 0 N–H and O–H groups in total. The Kier molecular flexibility index (Phi) is 4.39. The molecular weight excluding hydrogens is 126 g/mol. The van der Waals surface area contributed by atoms with Crippen molar-refractivity contribution in [3.63, 3.8) is 0 Å². The summed E-state index contributed by atoms with van der Waals surface area (Å²) in [4.78, 5) is 0. The molecule has 0 aliphatic carbocycles. The Morgan fingerprint density at radius 1 is 1.70 bits per heavy atom. The van der Waals surface area contributed by atoms with Crippen LogP contribution < -0.4 is 0 Å². The largest absolute Gasteiger partial charge is 0.484 e. The zero-order chi connectivity index (χ0) is 7.98. The third kappa shape index (κ3) is 3.96. The van der Waals surface area contributed by atoms with E-state index in [1.54, 1.807) is 0 Å². The first-order valence-electron chi connectivity index (χ1n) is 3.45. The van der Waals surface area contributed by atoms with Crippen molar-refractivity contribution in [2.45, 2.75) is 20.8 Å². The molecule has 0 heterocycles. The van der Waals surface area contributed by atoms with E-state index >= 15 is 0 Å². The Hall–Kier alpha value is -0.970. The van der Waals surface area contributed by atoms with Crippen molar-refractivity contribution in [2.75, 3.05) is 6.61 Å². The maximum absolute atomic E-state index is 8.46. The zero-order valence-corrected chi connectivity index (χ0v) is 6.72. The molecule has 0 atom stereocenters. The van der Waals surface area contributed by atoms with Crippen LogP contribution in [0.1, 0.15) is 20.8 Å². The first kappa shape index (κ1) is 9.03. The van der Waals surface area contributed by atoms with Crippen molar-refractivity contribution in [1.29, 1.82) is 5.26 Å². The van der Waals surface area contributed by atoms with Crippen molar-refractivity contribution >= 4 is 0 Å². The molecule has 0 rings (SSSR count). The summed E-state index contributed by atoms with van der Waals surface area (Å²) >= 11 is 0. The number of hydrogen-bond acceptors (Lipinski definition) is 2. The molecule has 0 saturated heterocycles. The Morgan fingerprint density at radius 3 is 2.60 bits per heavy atom. The maximum atomic E-state index is 8.46. The van der Waals surface area contributed by atoms with E-state index in [-0.39, 0.29) is 0 Å². The predicted octanol–water partition coefficient (Wildman–Crippen LogP) is 2.09. The molecule has 0 aliphatic rings. The van der Waals surface area contributed by atoms with Gasteiger partial charge in [0.25, 0.3) is 0 Å². The highest BCUT2D eigenvalue weighted by Gasteiger charge is 1.94. The van der Waals surface area contributed by atoms with Crippen LogP contribution in [0.5, 0.6) is 0 Å². The molecule has 0 fully saturated rings. The molecular formula is C8H13NO. The van der Waals surface area contributed by atoms with E-state index < -0.39 is 0 Å². The minimum absolute atomic E-state index is 0.376. The van der Waals surface area contributed by atoms with E-state index in [1.807, 2.05) is 32.9 Å². The van der Waals surface area contributed by atoms with Gasteiger partial charge in [-0.25, -0.2) is 0 Å². The van der Waals surface area contributed by atoms with Gasteiger partial charge in [-0.15, -0.1) is 0 Å². The number of nitrogens with zero attached hydrogens (tertiary/aromatic N) is 1. The molecule has 56 valence electrons. The molecule has 0 amide bonds. The second-order valence-corrected chi connectivity index (χ2v) is 2.32. The van der Waals surface area contributed by atoms with Crippen molar-refractivity contribution in [3.8, 4) is 6.07 Å². The molecule has 2 heteroatoms. The lowest BCUT2D eigenvalue weighted by molar-refractivity contribution is 0.242. The summed E-state index contributed by atoms with van der Waals surface area (Å²) in [5.41, 5.74) is 0. The van der Waals surface area contributed by atoms with Crippen molar-refractivity contribution in [2.24, 2.45) is 5.92 Å². The van der Waals surface area contributed by atoms with Crippen molar-refractivity contribution in [1.82, 2.24) is 0 Å². The Bertz CT molecular complexity index is 153. The van der Waals surface area contributed by atoms with Gasteiger partial charge >= 0.3 is 0 Å². The standard InChI is InChI=1S/C8H13NO/c1-4-10-8(6-9)5-7(2)3/h5,7H,4H2,1-3H3. The number of ether oxygens (including phenoxy) is 1. The normalized spacial score (nSPS) is 11.3. The van der Waals surface area contributed by atoms with E-state index in [0.717, 1.165) is 0 Å². The molecule has 0 saturated carbocycles. The van der Waals surface area contributed by atoms with Crippen LogP contribution in [-0.2, 0) is 4.74 Å². The second kappa shape index (κ2) is 4.87. The first-order valence-corrected chi connectivity index (χ1v) is 3.45. The Labute approximate surface area is 62.1 Å². The number of nitriles is 1. The fourth-order valence-electron chi connectivity index (χ4n) is 0.576. The monoisotopic (exact) mass is 139 g/mol. The van der Waals surface area contributed by atoms with Crippen molar-refractivity contribution in [3.05, 3.63) is 11.8 Å². The molecule has 2 nitrogen and oxygen atoms in total. The lowest BCUT2D eigenvalue weighted by Gasteiger charge is -2.00. The second-order valence-electron chi connectivity index (χ2n) is 2.32. The van der Waals surface area contributed by atoms with Crippen LogP contribution in [0, 0.1) is 17.2 Å². The number of allylic oxidation sites excluding steroid dienone is 2. The summed E-state index contributed by atoms with van der Waals surface area (Å²) in [6.07, 6.45) is 1.81. The minimum atomic E-state index is 0.376. The molecule has 0 aliphatic heterocycles. The lowest BCUT2D eigenvalue weighted by atomic mass is 10.2. The van der Waals surface area contributed by atoms with Crippen LogP contribution in [0.3, 0.4) is 0 Å². The summed E-state index contributed by atoms with van der Waals surface area (Å²) in [6, 6.07) is 1.97. The highest BCUT2D eigenvalue weighted by Crippen LogP contribution is 2.01. The third-order valence-electron chi connectivity index (χ3n) is 0.895. The molecule has 0 spiro atoms. The fraction of sp³-hybridized carbons (Fsp3) is 0.625. The minimum Gasteiger partial charge on any atom is -0.484 e. The number of hydrogen-bond donors (Lipinski definition) is 0. The molecule has 0 aromatic rings. The third-order valence-corrected chi connectivity index (χ3v) is 0.895. The van der Waals surface area contributed by atoms with Gasteiger partial charge in [-0.05, 0) is 18.9 Å². The lowest BCUT2D eigenvalue weighted by Crippen LogP contribution is -1.91. The average Bonchev–Trinajstić information content (AvgIpc) is 1.86. The quantitative estimate of drug-likeness (QED) is 0.443. The smallest absolute Gasteiger partial charge is 0.193 e. The molecule has 0 radical (unpaired) electrons. The number of rotatable bonds is 3.